The van der Waals surface area contributed by atoms with Crippen molar-refractivity contribution in [1.82, 2.24) is 10.3 Å². The SMILES string of the molecule is C\C=C/C(=C\C=C(/C)Oc1ccc(CNC(=O)c2cccnc2N)cc1)OCCC. The lowest BCUT2D eigenvalue weighted by Crippen LogP contribution is -2.24. The Morgan fingerprint density at radius 1 is 1.20 bits per heavy atom. The smallest absolute Gasteiger partial charge is 0.255 e. The molecule has 0 bridgehead atoms. The van der Waals surface area contributed by atoms with Gasteiger partial charge < -0.3 is 20.5 Å². The van der Waals surface area contributed by atoms with Crippen molar-refractivity contribution in [2.45, 2.75) is 33.7 Å². The maximum absolute atomic E-state index is 12.2. The summed E-state index contributed by atoms with van der Waals surface area (Å²) in [4.78, 5) is 16.1. The van der Waals surface area contributed by atoms with Gasteiger partial charge in [0, 0.05) is 12.7 Å². The van der Waals surface area contributed by atoms with E-state index in [1.807, 2.05) is 62.4 Å². The largest absolute Gasteiger partial charge is 0.494 e. The minimum Gasteiger partial charge on any atom is -0.494 e. The number of pyridine rings is 1. The summed E-state index contributed by atoms with van der Waals surface area (Å²) in [6.45, 7) is 6.96. The second kappa shape index (κ2) is 12.1. The van der Waals surface area contributed by atoms with Gasteiger partial charge >= 0.3 is 0 Å². The number of aromatic nitrogens is 1. The number of amides is 1. The van der Waals surface area contributed by atoms with Gasteiger partial charge in [-0.25, -0.2) is 4.98 Å². The Bertz CT molecular complexity index is 916. The molecule has 2 rings (SSSR count). The van der Waals surface area contributed by atoms with E-state index in [9.17, 15) is 4.79 Å². The molecule has 0 atom stereocenters. The third-order valence-corrected chi connectivity index (χ3v) is 4.02. The highest BCUT2D eigenvalue weighted by atomic mass is 16.5. The van der Waals surface area contributed by atoms with Gasteiger partial charge in [0.1, 0.15) is 23.1 Å². The topological polar surface area (TPSA) is 86.5 Å². The van der Waals surface area contributed by atoms with Crippen LogP contribution in [-0.4, -0.2) is 17.5 Å². The number of rotatable bonds is 10. The van der Waals surface area contributed by atoms with Crippen LogP contribution in [0.15, 0.2) is 78.4 Å². The number of anilines is 1. The molecule has 6 nitrogen and oxygen atoms in total. The van der Waals surface area contributed by atoms with Crippen molar-refractivity contribution in [2.24, 2.45) is 0 Å². The first-order valence-electron chi connectivity index (χ1n) is 9.93. The van der Waals surface area contributed by atoms with E-state index < -0.39 is 0 Å². The molecule has 1 aromatic heterocycles. The molecule has 158 valence electrons. The first-order valence-corrected chi connectivity index (χ1v) is 9.93. The van der Waals surface area contributed by atoms with Gasteiger partial charge in [-0.05, 0) is 68.3 Å². The van der Waals surface area contributed by atoms with E-state index >= 15 is 0 Å². The first kappa shape index (κ1) is 22.7. The zero-order valence-corrected chi connectivity index (χ0v) is 17.7. The number of ether oxygens (including phenoxy) is 2. The summed E-state index contributed by atoms with van der Waals surface area (Å²) in [6.07, 6.45) is 10.1. The quantitative estimate of drug-likeness (QED) is 0.438. The standard InChI is InChI=1S/C24H29N3O3/c1-4-7-20(29-16-5-2)12-9-18(3)30-21-13-10-19(11-14-21)17-27-24(28)22-8-6-15-26-23(22)25/h4,6-15H,5,16-17H2,1-3H3,(H2,25,26)(H,27,28)/b7-4-,18-9+,20-12+. The number of benzene rings is 1. The number of nitrogen functional groups attached to an aromatic ring is 1. The predicted molar refractivity (Wildman–Crippen MR) is 120 cm³/mol. The predicted octanol–water partition coefficient (Wildman–Crippen LogP) is 4.76. The molecule has 30 heavy (non-hydrogen) atoms. The average Bonchev–Trinajstić information content (AvgIpc) is 2.75. The summed E-state index contributed by atoms with van der Waals surface area (Å²) in [7, 11) is 0. The van der Waals surface area contributed by atoms with Crippen molar-refractivity contribution in [1.29, 1.82) is 0 Å². The molecule has 1 heterocycles. The van der Waals surface area contributed by atoms with Crippen LogP contribution in [0.4, 0.5) is 5.82 Å². The van der Waals surface area contributed by atoms with Crippen LogP contribution in [-0.2, 0) is 11.3 Å². The van der Waals surface area contributed by atoms with E-state index in [1.165, 1.54) is 0 Å². The minimum absolute atomic E-state index is 0.215. The van der Waals surface area contributed by atoms with Gasteiger partial charge in [-0.15, -0.1) is 0 Å². The van der Waals surface area contributed by atoms with Crippen LogP contribution >= 0.6 is 0 Å². The molecule has 2 aromatic rings. The first-order chi connectivity index (χ1) is 14.5. The molecule has 0 spiro atoms. The lowest BCUT2D eigenvalue weighted by molar-refractivity contribution is 0.0951. The van der Waals surface area contributed by atoms with Crippen LogP contribution < -0.4 is 15.8 Å². The molecule has 0 saturated heterocycles. The fraction of sp³-hybridized carbons (Fsp3) is 0.250. The molecule has 1 amide bonds. The number of hydrogen-bond acceptors (Lipinski definition) is 5. The Balaban J connectivity index is 1.92. The zero-order valence-electron chi connectivity index (χ0n) is 17.7. The van der Waals surface area contributed by atoms with Crippen molar-refractivity contribution < 1.29 is 14.3 Å². The molecule has 6 heteroatoms. The van der Waals surface area contributed by atoms with Crippen molar-refractivity contribution in [3.63, 3.8) is 0 Å². The lowest BCUT2D eigenvalue weighted by Gasteiger charge is -2.09. The van der Waals surface area contributed by atoms with Gasteiger partial charge in [-0.2, -0.15) is 0 Å². The summed E-state index contributed by atoms with van der Waals surface area (Å²) in [6, 6.07) is 10.9. The van der Waals surface area contributed by atoms with E-state index in [4.69, 9.17) is 15.2 Å². The molecule has 0 saturated carbocycles. The molecule has 0 aliphatic carbocycles. The fourth-order valence-corrected chi connectivity index (χ4v) is 2.52. The monoisotopic (exact) mass is 407 g/mol. The number of hydrogen-bond donors (Lipinski definition) is 2. The second-order valence-electron chi connectivity index (χ2n) is 6.56. The third-order valence-electron chi connectivity index (χ3n) is 4.02. The van der Waals surface area contributed by atoms with Crippen molar-refractivity contribution in [3.8, 4) is 5.75 Å². The van der Waals surface area contributed by atoms with E-state index in [2.05, 4.69) is 17.2 Å². The highest BCUT2D eigenvalue weighted by Crippen LogP contribution is 2.16. The third kappa shape index (κ3) is 7.47. The Kier molecular flexibility index (Phi) is 9.18. The highest BCUT2D eigenvalue weighted by Gasteiger charge is 2.09. The fourth-order valence-electron chi connectivity index (χ4n) is 2.52. The van der Waals surface area contributed by atoms with Gasteiger partial charge in [0.2, 0.25) is 0 Å². The summed E-state index contributed by atoms with van der Waals surface area (Å²) in [5, 5.41) is 2.84. The van der Waals surface area contributed by atoms with Crippen LogP contribution in [0.5, 0.6) is 5.75 Å². The summed E-state index contributed by atoms with van der Waals surface area (Å²) in [5.74, 6) is 2.21. The van der Waals surface area contributed by atoms with Gasteiger partial charge in [0.15, 0.2) is 0 Å². The van der Waals surface area contributed by atoms with Crippen molar-refractivity contribution in [3.05, 3.63) is 89.5 Å². The minimum atomic E-state index is -0.256. The lowest BCUT2D eigenvalue weighted by atomic mass is 10.2. The summed E-state index contributed by atoms with van der Waals surface area (Å²) >= 11 is 0. The second-order valence-corrected chi connectivity index (χ2v) is 6.56. The number of allylic oxidation sites excluding steroid dienone is 5. The van der Waals surface area contributed by atoms with Crippen LogP contribution in [0.3, 0.4) is 0 Å². The van der Waals surface area contributed by atoms with Crippen LogP contribution in [0.1, 0.15) is 43.1 Å². The molecule has 0 fully saturated rings. The van der Waals surface area contributed by atoms with Crippen molar-refractivity contribution in [2.75, 3.05) is 12.3 Å². The van der Waals surface area contributed by atoms with Gasteiger partial charge in [-0.3, -0.25) is 4.79 Å². The number of carbonyl (C=O) groups excluding carboxylic acids is 1. The molecular formula is C24H29N3O3. The van der Waals surface area contributed by atoms with Crippen LogP contribution in [0, 0.1) is 0 Å². The normalized spacial score (nSPS) is 12.1. The number of carbonyl (C=O) groups is 1. The van der Waals surface area contributed by atoms with Gasteiger partial charge in [-0.1, -0.05) is 25.1 Å². The molecule has 0 radical (unpaired) electrons. The van der Waals surface area contributed by atoms with Gasteiger partial charge in [0.25, 0.3) is 5.91 Å². The number of nitrogens with zero attached hydrogens (tertiary/aromatic N) is 1. The Labute approximate surface area is 178 Å². The molecule has 0 aliphatic rings. The molecule has 0 unspecified atom stereocenters. The molecule has 3 N–H and O–H groups in total. The van der Waals surface area contributed by atoms with Crippen LogP contribution in [0.2, 0.25) is 0 Å². The molecular weight excluding hydrogens is 378 g/mol. The van der Waals surface area contributed by atoms with E-state index in [-0.39, 0.29) is 11.7 Å². The summed E-state index contributed by atoms with van der Waals surface area (Å²) < 4.78 is 11.5. The Morgan fingerprint density at radius 2 is 1.97 bits per heavy atom. The maximum atomic E-state index is 12.2. The summed E-state index contributed by atoms with van der Waals surface area (Å²) in [5.41, 5.74) is 7.05. The Morgan fingerprint density at radius 3 is 2.63 bits per heavy atom. The average molecular weight is 408 g/mol. The van der Waals surface area contributed by atoms with Crippen molar-refractivity contribution >= 4 is 11.7 Å². The molecule has 0 aliphatic heterocycles. The number of nitrogens with one attached hydrogen (secondary N) is 1. The van der Waals surface area contributed by atoms with E-state index in [0.29, 0.717) is 24.5 Å². The van der Waals surface area contributed by atoms with Gasteiger partial charge in [0.05, 0.1) is 12.2 Å². The maximum Gasteiger partial charge on any atom is 0.255 e. The Hall–Kier alpha value is -3.54. The molecule has 1 aromatic carbocycles. The number of nitrogens with two attached hydrogens (primary N) is 1. The highest BCUT2D eigenvalue weighted by molar-refractivity contribution is 5.98. The van der Waals surface area contributed by atoms with E-state index in [1.54, 1.807) is 18.3 Å². The zero-order chi connectivity index (χ0) is 21.8. The van der Waals surface area contributed by atoms with E-state index in [0.717, 1.165) is 23.5 Å². The van der Waals surface area contributed by atoms with Crippen LogP contribution in [0.25, 0.3) is 0 Å².